The number of aromatic nitrogens is 2. The standard InChI is InChI=1S/C25H34N4O6/c1-24(2,3)34-22(31)28-19-20(30)26-15-27-21(19)33-17-11-9-10-16(14-17)18-12-7-8-13-29(18)23(32)35-25(4,5)6/h9-11,14-15,18H,7-8,12-13H2,1-6H3,(H,28,31)(H,26,27,30). The van der Waals surface area contributed by atoms with Crippen LogP contribution >= 0.6 is 0 Å². The fourth-order valence-electron chi connectivity index (χ4n) is 3.69. The number of hydrogen-bond acceptors (Lipinski definition) is 7. The van der Waals surface area contributed by atoms with Crippen LogP contribution in [0.4, 0.5) is 15.3 Å². The number of piperidine rings is 1. The molecule has 0 radical (unpaired) electrons. The molecule has 2 amide bonds. The number of carbonyl (C=O) groups excluding carboxylic acids is 2. The molecule has 190 valence electrons. The smallest absolute Gasteiger partial charge is 0.412 e. The first kappa shape index (κ1) is 26.1. The van der Waals surface area contributed by atoms with Crippen LogP contribution in [0.25, 0.3) is 0 Å². The summed E-state index contributed by atoms with van der Waals surface area (Å²) >= 11 is 0. The Bertz CT molecular complexity index is 1120. The Balaban J connectivity index is 1.83. The van der Waals surface area contributed by atoms with Gasteiger partial charge in [0.05, 0.1) is 12.4 Å². The van der Waals surface area contributed by atoms with Gasteiger partial charge in [0.15, 0.2) is 5.69 Å². The van der Waals surface area contributed by atoms with Gasteiger partial charge in [-0.05, 0) is 78.5 Å². The van der Waals surface area contributed by atoms with Crippen LogP contribution in [0.2, 0.25) is 0 Å². The van der Waals surface area contributed by atoms with Gasteiger partial charge in [-0.15, -0.1) is 0 Å². The van der Waals surface area contributed by atoms with Gasteiger partial charge in [0.2, 0.25) is 0 Å². The van der Waals surface area contributed by atoms with E-state index in [1.54, 1.807) is 43.9 Å². The summed E-state index contributed by atoms with van der Waals surface area (Å²) in [5.41, 5.74) is -1.21. The van der Waals surface area contributed by atoms with Crippen LogP contribution in [0.3, 0.4) is 0 Å². The first-order valence-electron chi connectivity index (χ1n) is 11.7. The number of likely N-dealkylation sites (tertiary alicyclic amines) is 1. The van der Waals surface area contributed by atoms with Crippen molar-refractivity contribution in [2.24, 2.45) is 0 Å². The van der Waals surface area contributed by atoms with Crippen LogP contribution < -0.4 is 15.6 Å². The van der Waals surface area contributed by atoms with E-state index in [-0.39, 0.29) is 23.7 Å². The molecule has 1 aliphatic heterocycles. The largest absolute Gasteiger partial charge is 0.444 e. The summed E-state index contributed by atoms with van der Waals surface area (Å²) < 4.78 is 16.7. The average Bonchev–Trinajstić information content (AvgIpc) is 2.74. The lowest BCUT2D eigenvalue weighted by Crippen LogP contribution is -2.41. The maximum atomic E-state index is 12.8. The lowest BCUT2D eigenvalue weighted by atomic mass is 9.95. The molecule has 10 nitrogen and oxygen atoms in total. The van der Waals surface area contributed by atoms with Crippen molar-refractivity contribution in [3.63, 3.8) is 0 Å². The second-order valence-electron chi connectivity index (χ2n) is 10.4. The molecule has 10 heteroatoms. The maximum Gasteiger partial charge on any atom is 0.412 e. The van der Waals surface area contributed by atoms with Gasteiger partial charge >= 0.3 is 12.2 Å². The summed E-state index contributed by atoms with van der Waals surface area (Å²) in [7, 11) is 0. The number of aromatic amines is 1. The van der Waals surface area contributed by atoms with Crippen molar-refractivity contribution in [2.75, 3.05) is 11.9 Å². The van der Waals surface area contributed by atoms with E-state index in [2.05, 4.69) is 15.3 Å². The predicted molar refractivity (Wildman–Crippen MR) is 131 cm³/mol. The van der Waals surface area contributed by atoms with Gasteiger partial charge < -0.3 is 24.1 Å². The van der Waals surface area contributed by atoms with Gasteiger partial charge in [-0.1, -0.05) is 12.1 Å². The van der Waals surface area contributed by atoms with Crippen molar-refractivity contribution in [1.29, 1.82) is 0 Å². The fourth-order valence-corrected chi connectivity index (χ4v) is 3.69. The molecule has 1 fully saturated rings. The van der Waals surface area contributed by atoms with Crippen LogP contribution in [0.1, 0.15) is 72.4 Å². The minimum absolute atomic E-state index is 0.0793. The highest BCUT2D eigenvalue weighted by Crippen LogP contribution is 2.35. The summed E-state index contributed by atoms with van der Waals surface area (Å²) in [6.07, 6.45) is 2.71. The number of H-pyrrole nitrogens is 1. The van der Waals surface area contributed by atoms with Crippen molar-refractivity contribution < 1.29 is 23.8 Å². The Morgan fingerprint density at radius 2 is 1.80 bits per heavy atom. The zero-order valence-corrected chi connectivity index (χ0v) is 21.1. The van der Waals surface area contributed by atoms with E-state index in [0.717, 1.165) is 24.8 Å². The summed E-state index contributed by atoms with van der Waals surface area (Å²) in [5.74, 6) is 0.326. The molecule has 2 heterocycles. The average molecular weight is 487 g/mol. The first-order valence-corrected chi connectivity index (χ1v) is 11.7. The van der Waals surface area contributed by atoms with E-state index in [9.17, 15) is 14.4 Å². The molecule has 0 spiro atoms. The molecule has 2 N–H and O–H groups in total. The Hall–Kier alpha value is -3.56. The number of ether oxygens (including phenoxy) is 3. The number of nitrogens with zero attached hydrogens (tertiary/aromatic N) is 2. The van der Waals surface area contributed by atoms with Crippen LogP contribution in [0.5, 0.6) is 11.6 Å². The summed E-state index contributed by atoms with van der Waals surface area (Å²) in [4.78, 5) is 45.7. The zero-order valence-electron chi connectivity index (χ0n) is 21.1. The van der Waals surface area contributed by atoms with E-state index >= 15 is 0 Å². The molecular formula is C25H34N4O6. The van der Waals surface area contributed by atoms with Crippen LogP contribution in [0.15, 0.2) is 35.4 Å². The Labute approximate surface area is 205 Å². The lowest BCUT2D eigenvalue weighted by molar-refractivity contribution is 0.00947. The monoisotopic (exact) mass is 486 g/mol. The number of hydrogen-bond donors (Lipinski definition) is 2. The van der Waals surface area contributed by atoms with E-state index in [4.69, 9.17) is 14.2 Å². The highest BCUT2D eigenvalue weighted by Gasteiger charge is 2.31. The second kappa shape index (κ2) is 10.4. The van der Waals surface area contributed by atoms with Gasteiger partial charge in [0, 0.05) is 6.54 Å². The molecule has 0 saturated carbocycles. The van der Waals surface area contributed by atoms with Crippen molar-refractivity contribution >= 4 is 17.9 Å². The van der Waals surface area contributed by atoms with Crippen LogP contribution in [-0.2, 0) is 9.47 Å². The zero-order chi connectivity index (χ0) is 25.8. The minimum atomic E-state index is -0.801. The van der Waals surface area contributed by atoms with E-state index in [0.29, 0.717) is 12.3 Å². The quantitative estimate of drug-likeness (QED) is 0.595. The third kappa shape index (κ3) is 7.46. The van der Waals surface area contributed by atoms with E-state index in [1.165, 1.54) is 6.33 Å². The van der Waals surface area contributed by atoms with Crippen LogP contribution in [0, 0.1) is 0 Å². The molecule has 1 atom stereocenters. The van der Waals surface area contributed by atoms with Crippen molar-refractivity contribution in [3.05, 3.63) is 46.5 Å². The third-order valence-corrected chi connectivity index (χ3v) is 5.03. The molecular weight excluding hydrogens is 452 g/mol. The minimum Gasteiger partial charge on any atom is -0.444 e. The maximum absolute atomic E-state index is 12.8. The highest BCUT2D eigenvalue weighted by molar-refractivity contribution is 5.86. The Morgan fingerprint density at radius 3 is 2.49 bits per heavy atom. The molecule has 0 bridgehead atoms. The highest BCUT2D eigenvalue weighted by atomic mass is 16.6. The fraction of sp³-hybridized carbons (Fsp3) is 0.520. The van der Waals surface area contributed by atoms with Gasteiger partial charge in [-0.2, -0.15) is 0 Å². The van der Waals surface area contributed by atoms with Crippen molar-refractivity contribution in [3.8, 4) is 11.6 Å². The number of anilines is 1. The van der Waals surface area contributed by atoms with Gasteiger partial charge in [0.1, 0.15) is 17.0 Å². The van der Waals surface area contributed by atoms with Gasteiger partial charge in [-0.25, -0.2) is 14.6 Å². The molecule has 1 unspecified atom stereocenters. The number of amides is 2. The molecule has 1 aromatic heterocycles. The number of benzene rings is 1. The van der Waals surface area contributed by atoms with Gasteiger partial charge in [-0.3, -0.25) is 10.1 Å². The molecule has 1 aromatic carbocycles. The third-order valence-electron chi connectivity index (χ3n) is 5.03. The number of rotatable bonds is 4. The molecule has 1 aliphatic rings. The van der Waals surface area contributed by atoms with Crippen molar-refractivity contribution in [1.82, 2.24) is 14.9 Å². The Morgan fingerprint density at radius 1 is 1.09 bits per heavy atom. The Kier molecular flexibility index (Phi) is 7.72. The molecule has 0 aliphatic carbocycles. The molecule has 3 rings (SSSR count). The molecule has 2 aromatic rings. The second-order valence-corrected chi connectivity index (χ2v) is 10.4. The summed E-state index contributed by atoms with van der Waals surface area (Å²) in [6, 6.07) is 7.07. The lowest BCUT2D eigenvalue weighted by Gasteiger charge is -2.37. The number of carbonyl (C=O) groups is 2. The molecule has 35 heavy (non-hydrogen) atoms. The normalized spacial score (nSPS) is 16.4. The van der Waals surface area contributed by atoms with Crippen LogP contribution in [-0.4, -0.2) is 44.8 Å². The predicted octanol–water partition coefficient (Wildman–Crippen LogP) is 5.37. The molecule has 1 saturated heterocycles. The first-order chi connectivity index (χ1) is 16.3. The van der Waals surface area contributed by atoms with Gasteiger partial charge in [0.25, 0.3) is 11.4 Å². The van der Waals surface area contributed by atoms with Crippen molar-refractivity contribution in [2.45, 2.75) is 78.0 Å². The summed E-state index contributed by atoms with van der Waals surface area (Å²) in [6.45, 7) is 11.3. The summed E-state index contributed by atoms with van der Waals surface area (Å²) in [5, 5.41) is 2.42. The number of nitrogens with one attached hydrogen (secondary N) is 2. The SMILES string of the molecule is CC(C)(C)OC(=O)Nc1c(Oc2cccc(C3CCCCN3C(=O)OC(C)(C)C)c2)nc[nH]c1=O. The topological polar surface area (TPSA) is 123 Å². The van der Waals surface area contributed by atoms with E-state index in [1.807, 2.05) is 26.8 Å². The van der Waals surface area contributed by atoms with E-state index < -0.39 is 22.9 Å².